The van der Waals surface area contributed by atoms with E-state index >= 15 is 0 Å². The van der Waals surface area contributed by atoms with E-state index in [0.29, 0.717) is 17.7 Å². The lowest BCUT2D eigenvalue weighted by Crippen LogP contribution is -2.33. The minimum atomic E-state index is -0.479. The van der Waals surface area contributed by atoms with E-state index in [0.717, 1.165) is 43.6 Å². The van der Waals surface area contributed by atoms with Gasteiger partial charge in [-0.1, -0.05) is 12.1 Å². The summed E-state index contributed by atoms with van der Waals surface area (Å²) < 4.78 is 0. The summed E-state index contributed by atoms with van der Waals surface area (Å²) in [5.41, 5.74) is 2.36. The number of amides is 1. The molecule has 1 heterocycles. The average molecular weight is 378 g/mol. The number of non-ortho nitro benzene ring substituents is 1. The van der Waals surface area contributed by atoms with Crippen LogP contribution in [0.2, 0.25) is 0 Å². The smallest absolute Gasteiger partial charge is 0.270 e. The van der Waals surface area contributed by atoms with Gasteiger partial charge in [0, 0.05) is 38.8 Å². The van der Waals surface area contributed by atoms with Crippen LogP contribution in [-0.4, -0.2) is 35.9 Å². The Morgan fingerprint density at radius 1 is 1.21 bits per heavy atom. The zero-order valence-electron chi connectivity index (χ0n) is 15.8. The summed E-state index contributed by atoms with van der Waals surface area (Å²) in [6.07, 6.45) is 3.24. The van der Waals surface area contributed by atoms with Crippen LogP contribution in [0.3, 0.4) is 0 Å². The molecule has 1 fully saturated rings. The van der Waals surface area contributed by atoms with Crippen molar-refractivity contribution in [2.75, 3.05) is 25.0 Å². The van der Waals surface area contributed by atoms with Crippen molar-refractivity contribution >= 4 is 17.3 Å². The highest BCUT2D eigenvalue weighted by atomic mass is 16.6. The highest BCUT2D eigenvalue weighted by Gasteiger charge is 2.24. The Morgan fingerprint density at radius 2 is 1.96 bits per heavy atom. The van der Waals surface area contributed by atoms with Gasteiger partial charge in [-0.15, -0.1) is 0 Å². The second-order valence-corrected chi connectivity index (χ2v) is 6.98. The van der Waals surface area contributed by atoms with Gasteiger partial charge in [0.1, 0.15) is 0 Å². The average Bonchev–Trinajstić information content (AvgIpc) is 2.73. The van der Waals surface area contributed by atoms with Gasteiger partial charge in [-0.3, -0.25) is 14.9 Å². The SMILES string of the molecule is CN(Cc1cccc(C#N)c1)C(=O)c1cc([N+](=O)[O-])ccc1N1CCCCC1. The molecule has 144 valence electrons. The number of nitro benzene ring substituents is 1. The molecule has 2 aromatic carbocycles. The van der Waals surface area contributed by atoms with Crippen molar-refractivity contribution in [3.05, 3.63) is 69.3 Å². The summed E-state index contributed by atoms with van der Waals surface area (Å²) in [7, 11) is 1.67. The number of hydrogen-bond donors (Lipinski definition) is 0. The predicted molar refractivity (Wildman–Crippen MR) is 106 cm³/mol. The summed E-state index contributed by atoms with van der Waals surface area (Å²) >= 11 is 0. The van der Waals surface area contributed by atoms with Gasteiger partial charge in [-0.2, -0.15) is 5.26 Å². The van der Waals surface area contributed by atoms with Crippen LogP contribution in [0.1, 0.15) is 40.7 Å². The molecule has 0 saturated carbocycles. The van der Waals surface area contributed by atoms with E-state index in [4.69, 9.17) is 5.26 Å². The van der Waals surface area contributed by atoms with Gasteiger partial charge in [0.2, 0.25) is 0 Å². The normalized spacial score (nSPS) is 13.6. The monoisotopic (exact) mass is 378 g/mol. The van der Waals surface area contributed by atoms with Crippen LogP contribution in [-0.2, 0) is 6.54 Å². The Kier molecular flexibility index (Phi) is 5.90. The summed E-state index contributed by atoms with van der Waals surface area (Å²) in [4.78, 5) is 27.6. The number of carbonyl (C=O) groups excluding carboxylic acids is 1. The number of nitro groups is 1. The molecule has 1 saturated heterocycles. The van der Waals surface area contributed by atoms with Crippen LogP contribution in [0.5, 0.6) is 0 Å². The third-order valence-corrected chi connectivity index (χ3v) is 4.94. The van der Waals surface area contributed by atoms with Crippen molar-refractivity contribution in [3.63, 3.8) is 0 Å². The van der Waals surface area contributed by atoms with Crippen molar-refractivity contribution in [3.8, 4) is 6.07 Å². The summed E-state index contributed by atoms with van der Waals surface area (Å²) in [6.45, 7) is 1.99. The van der Waals surface area contributed by atoms with Crippen molar-refractivity contribution in [2.24, 2.45) is 0 Å². The summed E-state index contributed by atoms with van der Waals surface area (Å²) in [5.74, 6) is -0.272. The Bertz CT molecular complexity index is 929. The van der Waals surface area contributed by atoms with Crippen LogP contribution in [0.4, 0.5) is 11.4 Å². The fourth-order valence-electron chi connectivity index (χ4n) is 3.51. The number of nitriles is 1. The van der Waals surface area contributed by atoms with Crippen LogP contribution < -0.4 is 4.90 Å². The van der Waals surface area contributed by atoms with Crippen LogP contribution >= 0.6 is 0 Å². The second-order valence-electron chi connectivity index (χ2n) is 6.98. The van der Waals surface area contributed by atoms with Gasteiger partial charge in [0.15, 0.2) is 0 Å². The Hall–Kier alpha value is -3.40. The Morgan fingerprint density at radius 3 is 2.64 bits per heavy atom. The molecule has 1 aliphatic heterocycles. The molecular weight excluding hydrogens is 356 g/mol. The minimum absolute atomic E-state index is 0.0935. The molecule has 0 aromatic heterocycles. The number of benzene rings is 2. The largest absolute Gasteiger partial charge is 0.371 e. The molecule has 0 N–H and O–H groups in total. The first-order valence-corrected chi connectivity index (χ1v) is 9.27. The number of anilines is 1. The van der Waals surface area contributed by atoms with E-state index in [1.807, 2.05) is 6.07 Å². The van der Waals surface area contributed by atoms with E-state index in [9.17, 15) is 14.9 Å². The van der Waals surface area contributed by atoms with Crippen molar-refractivity contribution < 1.29 is 9.72 Å². The lowest BCUT2D eigenvalue weighted by Gasteiger charge is -2.31. The lowest BCUT2D eigenvalue weighted by atomic mass is 10.0. The third-order valence-electron chi connectivity index (χ3n) is 4.94. The van der Waals surface area contributed by atoms with Gasteiger partial charge in [0.25, 0.3) is 11.6 Å². The number of rotatable bonds is 5. The predicted octanol–water partition coefficient (Wildman–Crippen LogP) is 3.73. The number of carbonyl (C=O) groups is 1. The van der Waals surface area contributed by atoms with E-state index < -0.39 is 4.92 Å². The molecule has 1 aliphatic rings. The molecule has 0 bridgehead atoms. The first-order valence-electron chi connectivity index (χ1n) is 9.27. The summed E-state index contributed by atoms with van der Waals surface area (Å²) in [5, 5.41) is 20.3. The zero-order valence-corrected chi connectivity index (χ0v) is 15.8. The fraction of sp³-hybridized carbons (Fsp3) is 0.333. The van der Waals surface area contributed by atoms with Gasteiger partial charge >= 0.3 is 0 Å². The maximum Gasteiger partial charge on any atom is 0.270 e. The van der Waals surface area contributed by atoms with Crippen molar-refractivity contribution in [2.45, 2.75) is 25.8 Å². The van der Waals surface area contributed by atoms with Gasteiger partial charge < -0.3 is 9.80 Å². The highest BCUT2D eigenvalue weighted by molar-refractivity contribution is 6.00. The molecule has 0 aliphatic carbocycles. The number of nitrogens with zero attached hydrogens (tertiary/aromatic N) is 4. The molecule has 2 aromatic rings. The number of hydrogen-bond acceptors (Lipinski definition) is 5. The number of piperidine rings is 1. The molecule has 0 radical (unpaired) electrons. The Balaban J connectivity index is 1.90. The van der Waals surface area contributed by atoms with E-state index in [-0.39, 0.29) is 11.6 Å². The molecule has 7 nitrogen and oxygen atoms in total. The van der Waals surface area contributed by atoms with Crippen molar-refractivity contribution in [1.82, 2.24) is 4.90 Å². The second kappa shape index (κ2) is 8.53. The molecule has 7 heteroatoms. The molecule has 3 rings (SSSR count). The van der Waals surface area contributed by atoms with E-state index in [1.165, 1.54) is 17.0 Å². The van der Waals surface area contributed by atoms with Gasteiger partial charge in [0.05, 0.1) is 27.8 Å². The highest BCUT2D eigenvalue weighted by Crippen LogP contribution is 2.29. The molecule has 0 spiro atoms. The molecule has 0 unspecified atom stereocenters. The standard InChI is InChI=1S/C21H22N4O3/c1-23(15-17-7-5-6-16(12-17)14-22)21(26)19-13-18(25(27)28)8-9-20(19)24-10-3-2-4-11-24/h5-9,12-13H,2-4,10-11,15H2,1H3. The topological polar surface area (TPSA) is 90.5 Å². The molecular formula is C21H22N4O3. The molecule has 28 heavy (non-hydrogen) atoms. The maximum atomic E-state index is 13.2. The van der Waals surface area contributed by atoms with E-state index in [1.54, 1.807) is 31.3 Å². The lowest BCUT2D eigenvalue weighted by molar-refractivity contribution is -0.384. The van der Waals surface area contributed by atoms with Crippen LogP contribution in [0.15, 0.2) is 42.5 Å². The van der Waals surface area contributed by atoms with Crippen LogP contribution in [0, 0.1) is 21.4 Å². The fourth-order valence-corrected chi connectivity index (χ4v) is 3.51. The van der Waals surface area contributed by atoms with Crippen LogP contribution in [0.25, 0.3) is 0 Å². The Labute approximate surface area is 163 Å². The minimum Gasteiger partial charge on any atom is -0.371 e. The first kappa shape index (κ1) is 19.4. The molecule has 1 amide bonds. The quantitative estimate of drug-likeness (QED) is 0.584. The maximum absolute atomic E-state index is 13.2. The molecule has 0 atom stereocenters. The first-order chi connectivity index (χ1) is 13.5. The van der Waals surface area contributed by atoms with E-state index in [2.05, 4.69) is 11.0 Å². The van der Waals surface area contributed by atoms with Gasteiger partial charge in [-0.25, -0.2) is 0 Å². The summed E-state index contributed by atoms with van der Waals surface area (Å²) in [6, 6.07) is 13.7. The third kappa shape index (κ3) is 4.29. The zero-order chi connectivity index (χ0) is 20.1. The van der Waals surface area contributed by atoms with Gasteiger partial charge in [-0.05, 0) is 43.0 Å². The van der Waals surface area contributed by atoms with Crippen molar-refractivity contribution in [1.29, 1.82) is 5.26 Å².